The van der Waals surface area contributed by atoms with Crippen LogP contribution < -0.4 is 11.1 Å². The zero-order valence-electron chi connectivity index (χ0n) is 10.7. The summed E-state index contributed by atoms with van der Waals surface area (Å²) >= 11 is 0. The molecule has 106 valence electrons. The van der Waals surface area contributed by atoms with Crippen LogP contribution in [-0.4, -0.2) is 30.6 Å². The van der Waals surface area contributed by atoms with E-state index in [1.165, 1.54) is 6.92 Å². The van der Waals surface area contributed by atoms with Crippen molar-refractivity contribution in [3.8, 4) is 0 Å². The Bertz CT molecular complexity index is 525. The van der Waals surface area contributed by atoms with Crippen molar-refractivity contribution in [1.29, 1.82) is 0 Å². The number of aliphatic hydroxyl groups excluding tert-OH is 1. The highest BCUT2D eigenvalue weighted by molar-refractivity contribution is 7.91. The maximum atomic E-state index is 11.5. The largest absolute Gasteiger partial charge is 0.399 e. The summed E-state index contributed by atoms with van der Waals surface area (Å²) in [7, 11) is -3.60. The van der Waals surface area contributed by atoms with E-state index in [1.54, 1.807) is 24.3 Å². The summed E-state index contributed by atoms with van der Waals surface area (Å²) in [5.74, 6) is -0.708. The molecule has 4 N–H and O–H groups in total. The van der Waals surface area contributed by atoms with E-state index in [1.807, 2.05) is 0 Å². The predicted molar refractivity (Wildman–Crippen MR) is 72.8 cm³/mol. The van der Waals surface area contributed by atoms with E-state index in [0.29, 0.717) is 5.69 Å². The van der Waals surface area contributed by atoms with Crippen molar-refractivity contribution >= 4 is 21.4 Å². The summed E-state index contributed by atoms with van der Waals surface area (Å²) in [5.41, 5.74) is 5.34. The number of carbonyl (C=O) groups excluding carboxylic acids is 1. The zero-order valence-corrected chi connectivity index (χ0v) is 11.5. The SMILES string of the molecule is CCS(=O)(=O)C(O)CC(=O)NCc1ccc(N)cc1. The highest BCUT2D eigenvalue weighted by Gasteiger charge is 2.23. The summed E-state index contributed by atoms with van der Waals surface area (Å²) in [4.78, 5) is 11.5. The highest BCUT2D eigenvalue weighted by atomic mass is 32.2. The van der Waals surface area contributed by atoms with Gasteiger partial charge in [-0.05, 0) is 17.7 Å². The molecule has 1 amide bonds. The molecule has 19 heavy (non-hydrogen) atoms. The maximum absolute atomic E-state index is 11.5. The summed E-state index contributed by atoms with van der Waals surface area (Å²) < 4.78 is 22.6. The van der Waals surface area contributed by atoms with Gasteiger partial charge in [0.15, 0.2) is 15.3 Å². The van der Waals surface area contributed by atoms with Gasteiger partial charge in [0, 0.05) is 18.0 Å². The number of benzene rings is 1. The van der Waals surface area contributed by atoms with E-state index in [9.17, 15) is 18.3 Å². The van der Waals surface area contributed by atoms with Crippen molar-refractivity contribution in [2.75, 3.05) is 11.5 Å². The van der Waals surface area contributed by atoms with Crippen LogP contribution in [0.4, 0.5) is 5.69 Å². The Labute approximate surface area is 112 Å². The molecule has 0 radical (unpaired) electrons. The van der Waals surface area contributed by atoms with Gasteiger partial charge in [0.25, 0.3) is 0 Å². The average Bonchev–Trinajstić information content (AvgIpc) is 2.38. The predicted octanol–water partition coefficient (Wildman–Crippen LogP) is 0.0282. The Hall–Kier alpha value is -1.60. The fourth-order valence-electron chi connectivity index (χ4n) is 1.39. The molecule has 0 heterocycles. The van der Waals surface area contributed by atoms with Crippen LogP contribution in [-0.2, 0) is 21.2 Å². The van der Waals surface area contributed by atoms with E-state index in [-0.39, 0.29) is 12.3 Å². The third-order valence-electron chi connectivity index (χ3n) is 2.65. The Morgan fingerprint density at radius 1 is 1.37 bits per heavy atom. The van der Waals surface area contributed by atoms with Crippen molar-refractivity contribution in [3.05, 3.63) is 29.8 Å². The van der Waals surface area contributed by atoms with Gasteiger partial charge in [-0.3, -0.25) is 4.79 Å². The first-order valence-corrected chi connectivity index (χ1v) is 7.57. The number of sulfone groups is 1. The van der Waals surface area contributed by atoms with Crippen LogP contribution in [0.25, 0.3) is 0 Å². The molecule has 0 saturated heterocycles. The second-order valence-electron chi connectivity index (χ2n) is 4.13. The van der Waals surface area contributed by atoms with E-state index < -0.39 is 27.6 Å². The summed E-state index contributed by atoms with van der Waals surface area (Å²) in [6.45, 7) is 1.68. The van der Waals surface area contributed by atoms with Crippen LogP contribution in [0.5, 0.6) is 0 Å². The molecule has 0 aliphatic rings. The lowest BCUT2D eigenvalue weighted by atomic mass is 10.2. The van der Waals surface area contributed by atoms with Gasteiger partial charge in [-0.25, -0.2) is 8.42 Å². The molecule has 0 aliphatic heterocycles. The number of carbonyl (C=O) groups is 1. The van der Waals surface area contributed by atoms with Crippen molar-refractivity contribution in [2.45, 2.75) is 25.3 Å². The van der Waals surface area contributed by atoms with E-state index >= 15 is 0 Å². The molecule has 1 unspecified atom stereocenters. The molecule has 0 spiro atoms. The molecule has 6 nitrogen and oxygen atoms in total. The van der Waals surface area contributed by atoms with E-state index in [4.69, 9.17) is 5.73 Å². The highest BCUT2D eigenvalue weighted by Crippen LogP contribution is 2.06. The second kappa shape index (κ2) is 6.53. The lowest BCUT2D eigenvalue weighted by molar-refractivity contribution is -0.122. The number of hydrogen-bond acceptors (Lipinski definition) is 5. The number of amides is 1. The van der Waals surface area contributed by atoms with Crippen LogP contribution in [0.1, 0.15) is 18.9 Å². The van der Waals surface area contributed by atoms with Crippen LogP contribution in [0.15, 0.2) is 24.3 Å². The van der Waals surface area contributed by atoms with Gasteiger partial charge < -0.3 is 16.2 Å². The standard InChI is InChI=1S/C12H18N2O4S/c1-2-19(17,18)12(16)7-11(15)14-8-9-3-5-10(13)6-4-9/h3-6,12,16H,2,7-8,13H2,1H3,(H,14,15). The molecule has 0 fully saturated rings. The van der Waals surface area contributed by atoms with Gasteiger partial charge >= 0.3 is 0 Å². The molecule has 1 aromatic carbocycles. The zero-order chi connectivity index (χ0) is 14.5. The van der Waals surface area contributed by atoms with E-state index in [2.05, 4.69) is 5.32 Å². The average molecular weight is 286 g/mol. The van der Waals surface area contributed by atoms with Gasteiger partial charge in [-0.15, -0.1) is 0 Å². The minimum absolute atomic E-state index is 0.195. The molecular weight excluding hydrogens is 268 g/mol. The Balaban J connectivity index is 2.46. The number of hydrogen-bond donors (Lipinski definition) is 3. The first kappa shape index (κ1) is 15.5. The van der Waals surface area contributed by atoms with Gasteiger partial charge in [0.1, 0.15) is 0 Å². The first-order chi connectivity index (χ1) is 8.85. The van der Waals surface area contributed by atoms with Crippen LogP contribution in [0.3, 0.4) is 0 Å². The van der Waals surface area contributed by atoms with Crippen molar-refractivity contribution < 1.29 is 18.3 Å². The molecule has 1 aromatic rings. The van der Waals surface area contributed by atoms with Gasteiger partial charge in [-0.2, -0.15) is 0 Å². The first-order valence-electron chi connectivity index (χ1n) is 5.86. The molecule has 0 aromatic heterocycles. The van der Waals surface area contributed by atoms with Gasteiger partial charge in [0.2, 0.25) is 5.91 Å². The maximum Gasteiger partial charge on any atom is 0.223 e. The van der Waals surface area contributed by atoms with Crippen LogP contribution in [0, 0.1) is 0 Å². The monoisotopic (exact) mass is 286 g/mol. The van der Waals surface area contributed by atoms with Gasteiger partial charge in [-0.1, -0.05) is 19.1 Å². The smallest absolute Gasteiger partial charge is 0.223 e. The summed E-state index contributed by atoms with van der Waals surface area (Å²) in [6, 6.07) is 6.93. The third-order valence-corrected chi connectivity index (χ3v) is 4.45. The summed E-state index contributed by atoms with van der Waals surface area (Å²) in [5, 5.41) is 12.0. The minimum Gasteiger partial charge on any atom is -0.399 e. The Kier molecular flexibility index (Phi) is 5.31. The molecule has 1 atom stereocenters. The number of anilines is 1. The van der Waals surface area contributed by atoms with Crippen molar-refractivity contribution in [3.63, 3.8) is 0 Å². The normalized spacial score (nSPS) is 12.9. The number of aliphatic hydroxyl groups is 1. The molecule has 1 rings (SSSR count). The number of rotatable bonds is 6. The molecule has 0 saturated carbocycles. The topological polar surface area (TPSA) is 109 Å². The molecule has 0 bridgehead atoms. The number of nitrogens with two attached hydrogens (primary N) is 1. The minimum atomic E-state index is -3.60. The fraction of sp³-hybridized carbons (Fsp3) is 0.417. The molecule has 7 heteroatoms. The van der Waals surface area contributed by atoms with E-state index in [0.717, 1.165) is 5.56 Å². The Morgan fingerprint density at radius 3 is 2.47 bits per heavy atom. The summed E-state index contributed by atoms with van der Waals surface area (Å²) in [6.07, 6.45) is -0.453. The second-order valence-corrected chi connectivity index (χ2v) is 6.58. The van der Waals surface area contributed by atoms with Crippen molar-refractivity contribution in [1.82, 2.24) is 5.32 Å². The lowest BCUT2D eigenvalue weighted by Crippen LogP contribution is -2.31. The fourth-order valence-corrected chi connectivity index (χ4v) is 2.18. The van der Waals surface area contributed by atoms with Crippen LogP contribution in [0.2, 0.25) is 0 Å². The van der Waals surface area contributed by atoms with Gasteiger partial charge in [0.05, 0.1) is 6.42 Å². The number of nitrogen functional groups attached to an aromatic ring is 1. The van der Waals surface area contributed by atoms with Crippen LogP contribution >= 0.6 is 0 Å². The molecular formula is C12H18N2O4S. The van der Waals surface area contributed by atoms with Crippen molar-refractivity contribution in [2.24, 2.45) is 0 Å². The number of nitrogens with one attached hydrogen (secondary N) is 1. The lowest BCUT2D eigenvalue weighted by Gasteiger charge is -2.10. The quantitative estimate of drug-likeness (QED) is 0.639. The third kappa shape index (κ3) is 4.88. The Morgan fingerprint density at radius 2 is 1.95 bits per heavy atom. The molecule has 0 aliphatic carbocycles.